The highest BCUT2D eigenvalue weighted by Gasteiger charge is 2.21. The Morgan fingerprint density at radius 1 is 1.30 bits per heavy atom. The quantitative estimate of drug-likeness (QED) is 0.564. The van der Waals surface area contributed by atoms with Crippen molar-refractivity contribution >= 4 is 17.3 Å². The SMILES string of the molecule is COc1ccc(CN=C(N)NCC(C)N2CCc3sccc3C2)cc1OC. The molecule has 7 heteroatoms. The van der Waals surface area contributed by atoms with Gasteiger partial charge in [0.15, 0.2) is 17.5 Å². The molecular weight excluding hydrogens is 360 g/mol. The van der Waals surface area contributed by atoms with E-state index in [1.54, 1.807) is 14.2 Å². The van der Waals surface area contributed by atoms with Gasteiger partial charge in [0.05, 0.1) is 20.8 Å². The molecule has 0 spiro atoms. The maximum atomic E-state index is 6.05. The largest absolute Gasteiger partial charge is 0.493 e. The Labute approximate surface area is 165 Å². The zero-order valence-corrected chi connectivity index (χ0v) is 17.0. The molecule has 0 amide bonds. The van der Waals surface area contributed by atoms with E-state index in [4.69, 9.17) is 15.2 Å². The van der Waals surface area contributed by atoms with Gasteiger partial charge in [0.2, 0.25) is 0 Å². The smallest absolute Gasteiger partial charge is 0.188 e. The summed E-state index contributed by atoms with van der Waals surface area (Å²) in [6, 6.07) is 8.40. The highest BCUT2D eigenvalue weighted by Crippen LogP contribution is 2.28. The number of nitrogens with zero attached hydrogens (tertiary/aromatic N) is 2. The van der Waals surface area contributed by atoms with Crippen LogP contribution in [-0.4, -0.2) is 44.2 Å². The molecule has 0 saturated heterocycles. The van der Waals surface area contributed by atoms with Gasteiger partial charge in [0.1, 0.15) is 0 Å². The maximum Gasteiger partial charge on any atom is 0.188 e. The van der Waals surface area contributed by atoms with E-state index in [1.165, 1.54) is 10.4 Å². The topological polar surface area (TPSA) is 72.1 Å². The van der Waals surface area contributed by atoms with E-state index in [9.17, 15) is 0 Å². The van der Waals surface area contributed by atoms with E-state index in [2.05, 4.69) is 33.6 Å². The third-order valence-corrected chi connectivity index (χ3v) is 5.94. The molecule has 1 aliphatic rings. The van der Waals surface area contributed by atoms with Crippen LogP contribution in [-0.2, 0) is 19.5 Å². The summed E-state index contributed by atoms with van der Waals surface area (Å²) in [4.78, 5) is 8.46. The van der Waals surface area contributed by atoms with E-state index in [0.717, 1.165) is 31.6 Å². The number of benzene rings is 1. The highest BCUT2D eigenvalue weighted by atomic mass is 32.1. The average Bonchev–Trinajstić information content (AvgIpc) is 3.17. The second-order valence-corrected chi connectivity index (χ2v) is 7.71. The number of methoxy groups -OCH3 is 2. The van der Waals surface area contributed by atoms with Gasteiger partial charge in [-0.1, -0.05) is 6.07 Å². The molecule has 1 atom stereocenters. The Hall–Kier alpha value is -2.25. The van der Waals surface area contributed by atoms with Gasteiger partial charge in [-0.15, -0.1) is 11.3 Å². The monoisotopic (exact) mass is 388 g/mol. The number of hydrogen-bond acceptors (Lipinski definition) is 5. The maximum absolute atomic E-state index is 6.05. The second kappa shape index (κ2) is 9.10. The number of nitrogens with two attached hydrogens (primary N) is 1. The van der Waals surface area contributed by atoms with Gasteiger partial charge in [-0.25, -0.2) is 4.99 Å². The fourth-order valence-electron chi connectivity index (χ4n) is 3.24. The van der Waals surface area contributed by atoms with Gasteiger partial charge in [0, 0.05) is 30.6 Å². The van der Waals surface area contributed by atoms with Crippen molar-refractivity contribution in [2.45, 2.75) is 32.5 Å². The molecule has 0 radical (unpaired) electrons. The molecule has 0 aliphatic carbocycles. The molecule has 0 saturated carbocycles. The summed E-state index contributed by atoms with van der Waals surface area (Å²) < 4.78 is 10.6. The lowest BCUT2D eigenvalue weighted by Gasteiger charge is -2.32. The normalized spacial score (nSPS) is 15.9. The second-order valence-electron chi connectivity index (χ2n) is 6.71. The zero-order chi connectivity index (χ0) is 19.2. The Morgan fingerprint density at radius 2 is 2.11 bits per heavy atom. The summed E-state index contributed by atoms with van der Waals surface area (Å²) in [6.07, 6.45) is 1.14. The minimum Gasteiger partial charge on any atom is -0.493 e. The van der Waals surface area contributed by atoms with Crippen LogP contribution in [0.25, 0.3) is 0 Å². The molecule has 6 nitrogen and oxygen atoms in total. The number of aliphatic imine (C=N–C) groups is 1. The predicted octanol–water partition coefficient (Wildman–Crippen LogP) is 2.62. The first-order chi connectivity index (χ1) is 13.1. The lowest BCUT2D eigenvalue weighted by Crippen LogP contribution is -2.45. The van der Waals surface area contributed by atoms with Crippen molar-refractivity contribution in [2.75, 3.05) is 27.3 Å². The van der Waals surface area contributed by atoms with Gasteiger partial charge in [-0.3, -0.25) is 4.90 Å². The molecule has 1 aliphatic heterocycles. The fourth-order valence-corrected chi connectivity index (χ4v) is 4.13. The highest BCUT2D eigenvalue weighted by molar-refractivity contribution is 7.10. The van der Waals surface area contributed by atoms with Crippen LogP contribution in [0.1, 0.15) is 22.9 Å². The van der Waals surface area contributed by atoms with Crippen molar-refractivity contribution < 1.29 is 9.47 Å². The number of rotatable bonds is 7. The molecule has 3 rings (SSSR count). The molecule has 1 aromatic heterocycles. The lowest BCUT2D eigenvalue weighted by atomic mass is 10.1. The third-order valence-electron chi connectivity index (χ3n) is 4.92. The van der Waals surface area contributed by atoms with Crippen molar-refractivity contribution in [2.24, 2.45) is 10.7 Å². The van der Waals surface area contributed by atoms with Crippen LogP contribution in [0.2, 0.25) is 0 Å². The minimum atomic E-state index is 0.396. The first kappa shape index (κ1) is 19.5. The van der Waals surface area contributed by atoms with E-state index in [-0.39, 0.29) is 0 Å². The van der Waals surface area contributed by atoms with Crippen LogP contribution in [0.4, 0.5) is 0 Å². The summed E-state index contributed by atoms with van der Waals surface area (Å²) in [6.45, 7) is 5.62. The number of guanidine groups is 1. The number of fused-ring (bicyclic) bond motifs is 1. The molecule has 1 unspecified atom stereocenters. The fraction of sp³-hybridized carbons (Fsp3) is 0.450. The first-order valence-corrected chi connectivity index (χ1v) is 10.0. The Bertz CT molecular complexity index is 790. The van der Waals surface area contributed by atoms with E-state index in [0.29, 0.717) is 30.0 Å². The van der Waals surface area contributed by atoms with Crippen molar-refractivity contribution in [3.8, 4) is 11.5 Å². The standard InChI is InChI=1S/C20H28N4O2S/c1-14(24-8-6-19-16(13-24)7-9-27-19)11-22-20(21)23-12-15-4-5-17(25-2)18(10-15)26-3/h4-5,7,9-10,14H,6,8,11-13H2,1-3H3,(H3,21,22,23). The molecule has 3 N–H and O–H groups in total. The lowest BCUT2D eigenvalue weighted by molar-refractivity contribution is 0.193. The van der Waals surface area contributed by atoms with Crippen LogP contribution in [0.15, 0.2) is 34.6 Å². The van der Waals surface area contributed by atoms with Gasteiger partial charge < -0.3 is 20.5 Å². The summed E-state index contributed by atoms with van der Waals surface area (Å²) in [5.41, 5.74) is 8.54. The predicted molar refractivity (Wildman–Crippen MR) is 111 cm³/mol. The Balaban J connectivity index is 1.49. The van der Waals surface area contributed by atoms with Gasteiger partial charge >= 0.3 is 0 Å². The van der Waals surface area contributed by atoms with E-state index in [1.807, 2.05) is 29.5 Å². The number of nitrogens with one attached hydrogen (secondary N) is 1. The molecule has 2 heterocycles. The summed E-state index contributed by atoms with van der Waals surface area (Å²) >= 11 is 1.87. The van der Waals surface area contributed by atoms with E-state index < -0.39 is 0 Å². The number of hydrogen-bond donors (Lipinski definition) is 2. The van der Waals surface area contributed by atoms with Crippen LogP contribution < -0.4 is 20.5 Å². The molecule has 1 aromatic carbocycles. The summed E-state index contributed by atoms with van der Waals surface area (Å²) in [5.74, 6) is 1.87. The molecule has 146 valence electrons. The van der Waals surface area contributed by atoms with Crippen LogP contribution >= 0.6 is 11.3 Å². The number of ether oxygens (including phenoxy) is 2. The zero-order valence-electron chi connectivity index (χ0n) is 16.2. The molecule has 27 heavy (non-hydrogen) atoms. The van der Waals surface area contributed by atoms with E-state index >= 15 is 0 Å². The van der Waals surface area contributed by atoms with Crippen molar-refractivity contribution in [1.82, 2.24) is 10.2 Å². The molecular formula is C20H28N4O2S. The van der Waals surface area contributed by atoms with Gasteiger partial charge in [-0.2, -0.15) is 0 Å². The van der Waals surface area contributed by atoms with Crippen molar-refractivity contribution in [3.05, 3.63) is 45.6 Å². The molecule has 0 fully saturated rings. The van der Waals surface area contributed by atoms with Crippen molar-refractivity contribution in [1.29, 1.82) is 0 Å². The molecule has 0 bridgehead atoms. The third kappa shape index (κ3) is 4.93. The van der Waals surface area contributed by atoms with Gasteiger partial charge in [0.25, 0.3) is 0 Å². The average molecular weight is 389 g/mol. The Kier molecular flexibility index (Phi) is 6.58. The molecule has 2 aromatic rings. The Morgan fingerprint density at radius 3 is 2.89 bits per heavy atom. The summed E-state index contributed by atoms with van der Waals surface area (Å²) in [5, 5.41) is 5.44. The van der Waals surface area contributed by atoms with Crippen LogP contribution in [0, 0.1) is 0 Å². The number of thiophene rings is 1. The first-order valence-electron chi connectivity index (χ1n) is 9.14. The van der Waals surface area contributed by atoms with Crippen LogP contribution in [0.5, 0.6) is 11.5 Å². The van der Waals surface area contributed by atoms with Crippen molar-refractivity contribution in [3.63, 3.8) is 0 Å². The minimum absolute atomic E-state index is 0.396. The summed E-state index contributed by atoms with van der Waals surface area (Å²) in [7, 11) is 3.25. The van der Waals surface area contributed by atoms with Crippen LogP contribution in [0.3, 0.4) is 0 Å². The van der Waals surface area contributed by atoms with Gasteiger partial charge in [-0.05, 0) is 48.1 Å².